The van der Waals surface area contributed by atoms with Gasteiger partial charge < -0.3 is 14.6 Å². The maximum Gasteiger partial charge on any atom is 0.341 e. The first kappa shape index (κ1) is 15.5. The summed E-state index contributed by atoms with van der Waals surface area (Å²) in [5, 5.41) is 9.84. The number of methoxy groups -OCH3 is 1. The van der Waals surface area contributed by atoms with Crippen molar-refractivity contribution in [2.75, 3.05) is 7.11 Å². The van der Waals surface area contributed by atoms with Crippen LogP contribution in [0.2, 0.25) is 10.0 Å². The Bertz CT molecular complexity index is 671. The van der Waals surface area contributed by atoms with Crippen molar-refractivity contribution in [3.8, 4) is 11.5 Å². The van der Waals surface area contributed by atoms with Gasteiger partial charge >= 0.3 is 5.97 Å². The first-order chi connectivity index (χ1) is 10.0. The molecule has 0 aliphatic carbocycles. The topological polar surface area (TPSA) is 55.8 Å². The highest BCUT2D eigenvalue weighted by molar-refractivity contribution is 6.33. The number of carboxylic acids is 1. The van der Waals surface area contributed by atoms with Crippen LogP contribution in [-0.4, -0.2) is 18.2 Å². The highest BCUT2D eigenvalue weighted by atomic mass is 35.5. The fraction of sp³-hybridized carbons (Fsp3) is 0.133. The van der Waals surface area contributed by atoms with E-state index in [1.54, 1.807) is 30.3 Å². The standard InChI is InChI=1S/C15H12Cl2O4/c1-20-12-6-5-10(16)7-9(12)8-21-13-4-2-3-11(17)14(13)15(18)19/h2-7H,8H2,1H3,(H,18,19). The van der Waals surface area contributed by atoms with Gasteiger partial charge in [0, 0.05) is 10.6 Å². The summed E-state index contributed by atoms with van der Waals surface area (Å²) < 4.78 is 10.8. The molecule has 0 fully saturated rings. The summed E-state index contributed by atoms with van der Waals surface area (Å²) in [6.45, 7) is 0.115. The van der Waals surface area contributed by atoms with E-state index >= 15 is 0 Å². The monoisotopic (exact) mass is 326 g/mol. The zero-order valence-electron chi connectivity index (χ0n) is 11.1. The molecule has 0 saturated carbocycles. The van der Waals surface area contributed by atoms with Crippen molar-refractivity contribution in [1.82, 2.24) is 0 Å². The molecule has 0 amide bonds. The van der Waals surface area contributed by atoms with Crippen LogP contribution < -0.4 is 9.47 Å². The van der Waals surface area contributed by atoms with Crippen molar-refractivity contribution < 1.29 is 19.4 Å². The molecule has 6 heteroatoms. The number of hydrogen-bond acceptors (Lipinski definition) is 3. The molecule has 0 saturated heterocycles. The normalized spacial score (nSPS) is 10.2. The Kier molecular flexibility index (Phi) is 4.94. The van der Waals surface area contributed by atoms with Gasteiger partial charge in [-0.3, -0.25) is 0 Å². The average molecular weight is 327 g/mol. The quantitative estimate of drug-likeness (QED) is 0.890. The molecule has 0 radical (unpaired) electrons. The third-order valence-electron chi connectivity index (χ3n) is 2.81. The third kappa shape index (κ3) is 3.60. The number of rotatable bonds is 5. The number of benzene rings is 2. The predicted octanol–water partition coefficient (Wildman–Crippen LogP) is 4.28. The molecule has 2 aromatic carbocycles. The molecule has 110 valence electrons. The zero-order chi connectivity index (χ0) is 15.4. The largest absolute Gasteiger partial charge is 0.496 e. The molecule has 0 bridgehead atoms. The fourth-order valence-electron chi connectivity index (χ4n) is 1.85. The first-order valence-electron chi connectivity index (χ1n) is 6.00. The number of hydrogen-bond donors (Lipinski definition) is 1. The minimum atomic E-state index is -1.14. The van der Waals surface area contributed by atoms with Crippen LogP contribution in [0.15, 0.2) is 36.4 Å². The van der Waals surface area contributed by atoms with Gasteiger partial charge in [0.25, 0.3) is 0 Å². The Morgan fingerprint density at radius 3 is 2.62 bits per heavy atom. The van der Waals surface area contributed by atoms with Gasteiger partial charge in [-0.15, -0.1) is 0 Å². The van der Waals surface area contributed by atoms with Crippen molar-refractivity contribution in [1.29, 1.82) is 0 Å². The number of carboxylic acid groups (broad SMARTS) is 1. The molecular formula is C15H12Cl2O4. The van der Waals surface area contributed by atoms with E-state index in [2.05, 4.69) is 0 Å². The average Bonchev–Trinajstić information content (AvgIpc) is 2.44. The van der Waals surface area contributed by atoms with Crippen LogP contribution in [0.3, 0.4) is 0 Å². The van der Waals surface area contributed by atoms with Crippen LogP contribution in [0.4, 0.5) is 0 Å². The second-order valence-electron chi connectivity index (χ2n) is 4.16. The van der Waals surface area contributed by atoms with Crippen LogP contribution in [-0.2, 0) is 6.61 Å². The van der Waals surface area contributed by atoms with Gasteiger partial charge in [0.15, 0.2) is 0 Å². The van der Waals surface area contributed by atoms with Crippen molar-refractivity contribution >= 4 is 29.2 Å². The lowest BCUT2D eigenvalue weighted by molar-refractivity contribution is 0.0692. The second-order valence-corrected chi connectivity index (χ2v) is 5.01. The van der Waals surface area contributed by atoms with Gasteiger partial charge in [0.05, 0.1) is 12.1 Å². The number of ether oxygens (including phenoxy) is 2. The molecule has 1 N–H and O–H groups in total. The summed E-state index contributed by atoms with van der Waals surface area (Å²) >= 11 is 11.8. The van der Waals surface area contributed by atoms with Gasteiger partial charge in [-0.05, 0) is 30.3 Å². The molecule has 0 atom stereocenters. The van der Waals surface area contributed by atoms with Crippen LogP contribution in [0.5, 0.6) is 11.5 Å². The van der Waals surface area contributed by atoms with Crippen molar-refractivity contribution in [2.45, 2.75) is 6.61 Å². The summed E-state index contributed by atoms with van der Waals surface area (Å²) in [6, 6.07) is 9.79. The van der Waals surface area contributed by atoms with Gasteiger partial charge in [-0.25, -0.2) is 4.79 Å². The van der Waals surface area contributed by atoms with Crippen molar-refractivity contribution in [3.05, 3.63) is 57.6 Å². The van der Waals surface area contributed by atoms with E-state index in [0.717, 1.165) is 0 Å². The Hall–Kier alpha value is -1.91. The van der Waals surface area contributed by atoms with E-state index in [1.807, 2.05) is 0 Å². The number of carbonyl (C=O) groups is 1. The van der Waals surface area contributed by atoms with Crippen molar-refractivity contribution in [2.24, 2.45) is 0 Å². The highest BCUT2D eigenvalue weighted by Crippen LogP contribution is 2.29. The first-order valence-corrected chi connectivity index (χ1v) is 6.75. The van der Waals surface area contributed by atoms with E-state index in [0.29, 0.717) is 16.3 Å². The van der Waals surface area contributed by atoms with Crippen LogP contribution in [0.25, 0.3) is 0 Å². The summed E-state index contributed by atoms with van der Waals surface area (Å²) in [6.07, 6.45) is 0. The number of halogens is 2. The van der Waals surface area contributed by atoms with Crippen LogP contribution in [0, 0.1) is 0 Å². The fourth-order valence-corrected chi connectivity index (χ4v) is 2.29. The molecule has 2 aromatic rings. The predicted molar refractivity (Wildman–Crippen MR) is 80.7 cm³/mol. The molecule has 0 aliphatic heterocycles. The molecular weight excluding hydrogens is 315 g/mol. The Labute approximate surface area is 131 Å². The SMILES string of the molecule is COc1ccc(Cl)cc1COc1cccc(Cl)c1C(=O)O. The lowest BCUT2D eigenvalue weighted by Gasteiger charge is -2.12. The number of aromatic carboxylic acids is 1. The van der Waals surface area contributed by atoms with E-state index in [4.69, 9.17) is 32.7 Å². The van der Waals surface area contributed by atoms with E-state index in [-0.39, 0.29) is 22.9 Å². The Morgan fingerprint density at radius 2 is 1.95 bits per heavy atom. The maximum atomic E-state index is 11.2. The summed E-state index contributed by atoms with van der Waals surface area (Å²) in [4.78, 5) is 11.2. The molecule has 0 heterocycles. The zero-order valence-corrected chi connectivity index (χ0v) is 12.6. The molecule has 0 aromatic heterocycles. The van der Waals surface area contributed by atoms with E-state index in [9.17, 15) is 9.90 Å². The van der Waals surface area contributed by atoms with Gasteiger partial charge in [0.1, 0.15) is 23.7 Å². The molecule has 0 aliphatic rings. The second kappa shape index (κ2) is 6.70. The Morgan fingerprint density at radius 1 is 1.19 bits per heavy atom. The minimum absolute atomic E-state index is 0.0693. The lowest BCUT2D eigenvalue weighted by Crippen LogP contribution is -2.05. The third-order valence-corrected chi connectivity index (χ3v) is 3.36. The molecule has 4 nitrogen and oxygen atoms in total. The molecule has 21 heavy (non-hydrogen) atoms. The van der Waals surface area contributed by atoms with Crippen molar-refractivity contribution in [3.63, 3.8) is 0 Å². The highest BCUT2D eigenvalue weighted by Gasteiger charge is 2.16. The van der Waals surface area contributed by atoms with Gasteiger partial charge in [-0.2, -0.15) is 0 Å². The van der Waals surface area contributed by atoms with Crippen LogP contribution >= 0.6 is 23.2 Å². The minimum Gasteiger partial charge on any atom is -0.496 e. The summed E-state index contributed by atoms with van der Waals surface area (Å²) in [5.41, 5.74) is 0.640. The van der Waals surface area contributed by atoms with E-state index < -0.39 is 5.97 Å². The van der Waals surface area contributed by atoms with Gasteiger partial charge in [0.2, 0.25) is 0 Å². The van der Waals surface area contributed by atoms with Gasteiger partial charge in [-0.1, -0.05) is 29.3 Å². The van der Waals surface area contributed by atoms with E-state index in [1.165, 1.54) is 13.2 Å². The molecule has 2 rings (SSSR count). The lowest BCUT2D eigenvalue weighted by atomic mass is 10.2. The smallest absolute Gasteiger partial charge is 0.341 e. The summed E-state index contributed by atoms with van der Waals surface area (Å²) in [7, 11) is 1.54. The Balaban J connectivity index is 2.27. The molecule has 0 unspecified atom stereocenters. The summed E-state index contributed by atoms with van der Waals surface area (Å²) in [5.74, 6) is -0.344. The maximum absolute atomic E-state index is 11.2. The van der Waals surface area contributed by atoms with Crippen LogP contribution in [0.1, 0.15) is 15.9 Å². The molecule has 0 spiro atoms.